The molecule has 2 aromatic heterocycles. The molecule has 0 radical (unpaired) electrons. The van der Waals surface area contributed by atoms with Gasteiger partial charge in [0.25, 0.3) is 0 Å². The van der Waals surface area contributed by atoms with E-state index in [2.05, 4.69) is 50.7 Å². The molecule has 1 aliphatic rings. The Morgan fingerprint density at radius 3 is 2.96 bits per heavy atom. The molecule has 0 saturated carbocycles. The molecule has 26 heavy (non-hydrogen) atoms. The number of carbonyl (C=O) groups is 1. The maximum absolute atomic E-state index is 12.7. The second-order valence-electron chi connectivity index (χ2n) is 6.63. The Labute approximate surface area is 157 Å². The first-order chi connectivity index (χ1) is 12.7. The molecule has 2 N–H and O–H groups in total. The third-order valence-corrected chi connectivity index (χ3v) is 5.91. The Morgan fingerprint density at radius 2 is 2.15 bits per heavy atom. The number of hydrogen-bond acceptors (Lipinski definition) is 4. The Bertz CT molecular complexity index is 887. The minimum atomic E-state index is -0.152. The Balaban J connectivity index is 1.38. The fraction of sp³-hybridized carbons (Fsp3) is 0.300. The number of nitrogens with one attached hydrogen (secondary N) is 2. The highest BCUT2D eigenvalue weighted by Gasteiger charge is 2.25. The van der Waals surface area contributed by atoms with Gasteiger partial charge in [0.05, 0.1) is 22.8 Å². The molecule has 0 bridgehead atoms. The average molecular weight is 366 g/mol. The molecule has 134 valence electrons. The van der Waals surface area contributed by atoms with E-state index in [0.717, 1.165) is 35.6 Å². The van der Waals surface area contributed by atoms with Gasteiger partial charge in [-0.1, -0.05) is 30.3 Å². The summed E-state index contributed by atoms with van der Waals surface area (Å²) >= 11 is 1.66. The summed E-state index contributed by atoms with van der Waals surface area (Å²) in [5, 5.41) is 12.3. The van der Waals surface area contributed by atoms with E-state index in [1.54, 1.807) is 17.5 Å². The van der Waals surface area contributed by atoms with Gasteiger partial charge in [0.1, 0.15) is 0 Å². The molecule has 0 aliphatic carbocycles. The summed E-state index contributed by atoms with van der Waals surface area (Å²) in [7, 11) is 0. The van der Waals surface area contributed by atoms with E-state index in [4.69, 9.17) is 0 Å². The number of benzene rings is 1. The molecular weight excluding hydrogens is 344 g/mol. The quantitative estimate of drug-likeness (QED) is 0.729. The summed E-state index contributed by atoms with van der Waals surface area (Å²) in [4.78, 5) is 16.0. The fourth-order valence-electron chi connectivity index (χ4n) is 3.42. The topological polar surface area (TPSA) is 61.0 Å². The van der Waals surface area contributed by atoms with E-state index in [1.807, 2.05) is 18.4 Å². The number of H-pyrrole nitrogens is 1. The zero-order valence-electron chi connectivity index (χ0n) is 14.7. The van der Waals surface area contributed by atoms with Crippen LogP contribution in [0.4, 0.5) is 0 Å². The van der Waals surface area contributed by atoms with Crippen LogP contribution in [-0.4, -0.2) is 33.6 Å². The molecule has 1 aliphatic heterocycles. The Kier molecular flexibility index (Phi) is 4.86. The van der Waals surface area contributed by atoms with Crippen LogP contribution in [0.15, 0.2) is 48.0 Å². The smallest absolute Gasteiger partial charge is 0.237 e. The highest BCUT2D eigenvalue weighted by atomic mass is 32.1. The summed E-state index contributed by atoms with van der Waals surface area (Å²) < 4.78 is 0. The summed E-state index contributed by atoms with van der Waals surface area (Å²) in [6.07, 6.45) is 2.79. The lowest BCUT2D eigenvalue weighted by Crippen LogP contribution is -2.46. The van der Waals surface area contributed by atoms with Gasteiger partial charge in [0.15, 0.2) is 0 Å². The molecule has 1 atom stereocenters. The van der Waals surface area contributed by atoms with E-state index in [0.29, 0.717) is 6.54 Å². The van der Waals surface area contributed by atoms with E-state index in [9.17, 15) is 4.79 Å². The minimum Gasteiger partial charge on any atom is -0.351 e. The first kappa shape index (κ1) is 17.0. The first-order valence-electron chi connectivity index (χ1n) is 8.87. The van der Waals surface area contributed by atoms with Crippen LogP contribution in [0, 0.1) is 0 Å². The molecule has 0 spiro atoms. The van der Waals surface area contributed by atoms with Gasteiger partial charge in [-0.2, -0.15) is 5.10 Å². The number of aromatic amines is 1. The van der Waals surface area contributed by atoms with Crippen LogP contribution in [0.2, 0.25) is 0 Å². The van der Waals surface area contributed by atoms with Crippen molar-refractivity contribution in [1.82, 2.24) is 20.4 Å². The lowest BCUT2D eigenvalue weighted by Gasteiger charge is -2.32. The van der Waals surface area contributed by atoms with Crippen molar-refractivity contribution in [1.29, 1.82) is 0 Å². The average Bonchev–Trinajstić information content (AvgIpc) is 3.36. The molecule has 1 unspecified atom stereocenters. The Hall–Kier alpha value is -2.44. The molecule has 0 saturated heterocycles. The van der Waals surface area contributed by atoms with Gasteiger partial charge < -0.3 is 5.32 Å². The van der Waals surface area contributed by atoms with Crippen molar-refractivity contribution in [3.05, 3.63) is 64.7 Å². The summed E-state index contributed by atoms with van der Waals surface area (Å²) in [6.45, 7) is 4.21. The SMILES string of the molecule is CC(C(=O)NCc1cn[nH]c1-c1cccs1)N1CCc2ccccc2C1. The van der Waals surface area contributed by atoms with Crippen molar-refractivity contribution in [3.8, 4) is 10.6 Å². The van der Waals surface area contributed by atoms with Gasteiger partial charge in [-0.25, -0.2) is 0 Å². The maximum Gasteiger partial charge on any atom is 0.237 e. The molecule has 3 heterocycles. The van der Waals surface area contributed by atoms with Crippen molar-refractivity contribution < 1.29 is 4.79 Å². The van der Waals surface area contributed by atoms with E-state index >= 15 is 0 Å². The lowest BCUT2D eigenvalue weighted by atomic mass is 9.99. The predicted molar refractivity (Wildman–Crippen MR) is 104 cm³/mol. The summed E-state index contributed by atoms with van der Waals surface area (Å²) in [5.41, 5.74) is 4.72. The van der Waals surface area contributed by atoms with Crippen LogP contribution in [-0.2, 0) is 24.3 Å². The number of fused-ring (bicyclic) bond motifs is 1. The molecular formula is C20H22N4OS. The second-order valence-corrected chi connectivity index (χ2v) is 7.58. The molecule has 6 heteroatoms. The van der Waals surface area contributed by atoms with Crippen LogP contribution in [0.5, 0.6) is 0 Å². The monoisotopic (exact) mass is 366 g/mol. The van der Waals surface area contributed by atoms with Crippen LogP contribution in [0.1, 0.15) is 23.6 Å². The van der Waals surface area contributed by atoms with Gasteiger partial charge in [-0.3, -0.25) is 14.8 Å². The van der Waals surface area contributed by atoms with Crippen LogP contribution < -0.4 is 5.32 Å². The molecule has 0 fully saturated rings. The summed E-state index contributed by atoms with van der Waals surface area (Å²) in [6, 6.07) is 12.4. The van der Waals surface area contributed by atoms with Crippen molar-refractivity contribution in [2.45, 2.75) is 32.5 Å². The van der Waals surface area contributed by atoms with Crippen molar-refractivity contribution in [3.63, 3.8) is 0 Å². The highest BCUT2D eigenvalue weighted by Crippen LogP contribution is 2.26. The number of thiophene rings is 1. The minimum absolute atomic E-state index is 0.0581. The Morgan fingerprint density at radius 1 is 1.31 bits per heavy atom. The third-order valence-electron chi connectivity index (χ3n) is 5.03. The van der Waals surface area contributed by atoms with E-state index in [1.165, 1.54) is 11.1 Å². The normalized spacial score (nSPS) is 15.4. The van der Waals surface area contributed by atoms with Gasteiger partial charge in [-0.05, 0) is 35.9 Å². The van der Waals surface area contributed by atoms with Crippen molar-refractivity contribution in [2.24, 2.45) is 0 Å². The first-order valence-corrected chi connectivity index (χ1v) is 9.75. The standard InChI is InChI=1S/C20H22N4OS/c1-14(24-9-8-15-5-2-3-6-16(15)13-24)20(25)21-11-17-12-22-23-19(17)18-7-4-10-26-18/h2-7,10,12,14H,8-9,11,13H2,1H3,(H,21,25)(H,22,23). The van der Waals surface area contributed by atoms with Crippen LogP contribution >= 0.6 is 11.3 Å². The summed E-state index contributed by atoms with van der Waals surface area (Å²) in [5.74, 6) is 0.0581. The van der Waals surface area contributed by atoms with Crippen molar-refractivity contribution in [2.75, 3.05) is 6.54 Å². The van der Waals surface area contributed by atoms with Gasteiger partial charge in [-0.15, -0.1) is 11.3 Å². The number of aromatic nitrogens is 2. The second kappa shape index (κ2) is 7.43. The maximum atomic E-state index is 12.7. The number of rotatable bonds is 5. The van der Waals surface area contributed by atoms with E-state index < -0.39 is 0 Å². The molecule has 5 nitrogen and oxygen atoms in total. The third kappa shape index (κ3) is 3.43. The van der Waals surface area contributed by atoms with Gasteiger partial charge in [0, 0.05) is 25.2 Å². The van der Waals surface area contributed by atoms with Gasteiger partial charge in [0.2, 0.25) is 5.91 Å². The molecule has 3 aromatic rings. The molecule has 1 aromatic carbocycles. The highest BCUT2D eigenvalue weighted by molar-refractivity contribution is 7.13. The van der Waals surface area contributed by atoms with Crippen LogP contribution in [0.25, 0.3) is 10.6 Å². The predicted octanol–water partition coefficient (Wildman–Crippen LogP) is 3.20. The largest absolute Gasteiger partial charge is 0.351 e. The lowest BCUT2D eigenvalue weighted by molar-refractivity contribution is -0.126. The van der Waals surface area contributed by atoms with Crippen molar-refractivity contribution >= 4 is 17.2 Å². The molecule has 4 rings (SSSR count). The molecule has 1 amide bonds. The fourth-order valence-corrected chi connectivity index (χ4v) is 4.18. The zero-order valence-corrected chi connectivity index (χ0v) is 15.6. The van der Waals surface area contributed by atoms with E-state index in [-0.39, 0.29) is 11.9 Å². The number of hydrogen-bond donors (Lipinski definition) is 2. The number of amides is 1. The zero-order chi connectivity index (χ0) is 17.9. The number of nitrogens with zero attached hydrogens (tertiary/aromatic N) is 2. The van der Waals surface area contributed by atoms with Crippen LogP contribution in [0.3, 0.4) is 0 Å². The number of carbonyl (C=O) groups excluding carboxylic acids is 1. The van der Waals surface area contributed by atoms with Gasteiger partial charge >= 0.3 is 0 Å².